The molecule has 34 heavy (non-hydrogen) atoms. The molecule has 0 aliphatic carbocycles. The van der Waals surface area contributed by atoms with Crippen molar-refractivity contribution in [1.82, 2.24) is 4.90 Å². The number of benzene rings is 3. The first-order valence-corrected chi connectivity index (χ1v) is 10.3. The van der Waals surface area contributed by atoms with Crippen molar-refractivity contribution in [2.45, 2.75) is 0 Å². The third kappa shape index (κ3) is 6.92. The van der Waals surface area contributed by atoms with E-state index in [0.717, 1.165) is 0 Å². The molecule has 9 heteroatoms. The summed E-state index contributed by atoms with van der Waals surface area (Å²) in [6, 6.07) is 21.0. The first-order chi connectivity index (χ1) is 16.3. The first kappa shape index (κ1) is 24.0. The maximum atomic E-state index is 12.2. The van der Waals surface area contributed by atoms with Crippen molar-refractivity contribution in [2.75, 3.05) is 36.7 Å². The molecule has 0 atom stereocenters. The van der Waals surface area contributed by atoms with Crippen molar-refractivity contribution in [3.05, 3.63) is 90.0 Å². The second-order valence-corrected chi connectivity index (χ2v) is 7.42. The summed E-state index contributed by atoms with van der Waals surface area (Å²) in [5.41, 5.74) is 2.33. The fourth-order valence-electron chi connectivity index (χ4n) is 2.87. The van der Waals surface area contributed by atoms with E-state index >= 15 is 0 Å². The van der Waals surface area contributed by atoms with Gasteiger partial charge in [-0.25, -0.2) is 9.59 Å². The summed E-state index contributed by atoms with van der Waals surface area (Å²) in [7, 11) is 3.30. The quantitative estimate of drug-likeness (QED) is 0.464. The van der Waals surface area contributed by atoms with Gasteiger partial charge in [0, 0.05) is 36.7 Å². The number of anilines is 3. The Morgan fingerprint density at radius 2 is 1.18 bits per heavy atom. The molecule has 0 unspecified atom stereocenters. The van der Waals surface area contributed by atoms with E-state index in [1.54, 1.807) is 74.8 Å². The predicted octanol–water partition coefficient (Wildman–Crippen LogP) is 3.83. The molecule has 4 amide bonds. The van der Waals surface area contributed by atoms with E-state index in [-0.39, 0.29) is 11.5 Å². The second kappa shape index (κ2) is 11.3. The van der Waals surface area contributed by atoms with Crippen LogP contribution in [-0.4, -0.2) is 49.4 Å². The number of urea groups is 1. The largest absolute Gasteiger partial charge is 0.452 e. The van der Waals surface area contributed by atoms with Crippen molar-refractivity contribution in [1.29, 1.82) is 0 Å². The second-order valence-electron chi connectivity index (χ2n) is 7.42. The summed E-state index contributed by atoms with van der Waals surface area (Å²) in [6.07, 6.45) is 0. The van der Waals surface area contributed by atoms with Gasteiger partial charge in [0.1, 0.15) is 0 Å². The number of ether oxygens (including phenoxy) is 1. The maximum absolute atomic E-state index is 12.2. The van der Waals surface area contributed by atoms with Gasteiger partial charge in [-0.05, 0) is 60.7 Å². The summed E-state index contributed by atoms with van der Waals surface area (Å²) in [6.45, 7) is -0.475. The van der Waals surface area contributed by atoms with Crippen LogP contribution in [0, 0.1) is 0 Å². The third-order valence-electron chi connectivity index (χ3n) is 4.57. The minimum atomic E-state index is -0.678. The molecule has 0 radical (unpaired) electrons. The van der Waals surface area contributed by atoms with Gasteiger partial charge in [-0.1, -0.05) is 18.2 Å². The summed E-state index contributed by atoms with van der Waals surface area (Å²) >= 11 is 0. The molecule has 3 aromatic carbocycles. The number of hydrogen-bond donors (Lipinski definition) is 3. The standard InChI is InChI=1S/C25H24N4O5/c1-29(2)23(31)17-8-12-20(13-9-17)26-22(30)16-34-24(32)18-10-14-21(15-11-18)28-25(33)27-19-6-4-3-5-7-19/h3-15H,16H2,1-2H3,(H,26,30)(H2,27,28,33). The summed E-state index contributed by atoms with van der Waals surface area (Å²) in [4.78, 5) is 49.7. The lowest BCUT2D eigenvalue weighted by molar-refractivity contribution is -0.119. The number of rotatable bonds is 7. The Hall–Kier alpha value is -4.66. The van der Waals surface area contributed by atoms with Crippen LogP contribution in [0.4, 0.5) is 21.9 Å². The van der Waals surface area contributed by atoms with Crippen LogP contribution < -0.4 is 16.0 Å². The Kier molecular flexibility index (Phi) is 7.96. The molecular formula is C25H24N4O5. The first-order valence-electron chi connectivity index (χ1n) is 10.3. The average molecular weight is 460 g/mol. The Labute approximate surface area is 196 Å². The molecule has 3 N–H and O–H groups in total. The Bertz CT molecular complexity index is 1160. The van der Waals surface area contributed by atoms with Gasteiger partial charge in [0.05, 0.1) is 5.56 Å². The summed E-state index contributed by atoms with van der Waals surface area (Å²) in [5.74, 6) is -1.34. The van der Waals surface area contributed by atoms with Gasteiger partial charge < -0.3 is 25.6 Å². The van der Waals surface area contributed by atoms with Crippen LogP contribution >= 0.6 is 0 Å². The Balaban J connectivity index is 1.45. The lowest BCUT2D eigenvalue weighted by atomic mass is 10.2. The third-order valence-corrected chi connectivity index (χ3v) is 4.57. The molecule has 0 aliphatic rings. The van der Waals surface area contributed by atoms with E-state index in [1.807, 2.05) is 6.07 Å². The minimum Gasteiger partial charge on any atom is -0.452 e. The zero-order chi connectivity index (χ0) is 24.5. The molecule has 174 valence electrons. The topological polar surface area (TPSA) is 117 Å². The molecule has 3 aromatic rings. The van der Waals surface area contributed by atoms with E-state index in [0.29, 0.717) is 22.6 Å². The van der Waals surface area contributed by atoms with Gasteiger partial charge in [0.25, 0.3) is 11.8 Å². The zero-order valence-corrected chi connectivity index (χ0v) is 18.7. The Morgan fingerprint density at radius 1 is 0.676 bits per heavy atom. The van der Waals surface area contributed by atoms with Crippen LogP contribution in [0.1, 0.15) is 20.7 Å². The number of amides is 4. The van der Waals surface area contributed by atoms with Gasteiger partial charge in [0.15, 0.2) is 6.61 Å². The smallest absolute Gasteiger partial charge is 0.338 e. The molecule has 0 bridgehead atoms. The molecular weight excluding hydrogens is 436 g/mol. The van der Waals surface area contributed by atoms with E-state index in [4.69, 9.17) is 4.74 Å². The SMILES string of the molecule is CN(C)C(=O)c1ccc(NC(=O)COC(=O)c2ccc(NC(=O)Nc3ccccc3)cc2)cc1. The molecule has 0 fully saturated rings. The average Bonchev–Trinajstić information content (AvgIpc) is 2.83. The molecule has 0 saturated carbocycles. The normalized spacial score (nSPS) is 10.1. The van der Waals surface area contributed by atoms with Crippen molar-refractivity contribution in [3.63, 3.8) is 0 Å². The van der Waals surface area contributed by atoms with E-state index < -0.39 is 24.5 Å². The van der Waals surface area contributed by atoms with E-state index in [9.17, 15) is 19.2 Å². The van der Waals surface area contributed by atoms with Crippen molar-refractivity contribution < 1.29 is 23.9 Å². The van der Waals surface area contributed by atoms with Crippen molar-refractivity contribution >= 4 is 40.9 Å². The van der Waals surface area contributed by atoms with Crippen LogP contribution in [0.15, 0.2) is 78.9 Å². The van der Waals surface area contributed by atoms with Crippen LogP contribution in [0.3, 0.4) is 0 Å². The lowest BCUT2D eigenvalue weighted by Crippen LogP contribution is -2.22. The van der Waals surface area contributed by atoms with E-state index in [1.165, 1.54) is 17.0 Å². The van der Waals surface area contributed by atoms with Gasteiger partial charge in [-0.15, -0.1) is 0 Å². The molecule has 0 spiro atoms. The number of nitrogens with one attached hydrogen (secondary N) is 3. The van der Waals surface area contributed by atoms with Gasteiger partial charge >= 0.3 is 12.0 Å². The number of para-hydroxylation sites is 1. The van der Waals surface area contributed by atoms with Crippen LogP contribution in [0.2, 0.25) is 0 Å². The van der Waals surface area contributed by atoms with Crippen LogP contribution in [-0.2, 0) is 9.53 Å². The maximum Gasteiger partial charge on any atom is 0.338 e. The number of carbonyl (C=O) groups excluding carboxylic acids is 4. The van der Waals surface area contributed by atoms with Gasteiger partial charge in [0.2, 0.25) is 0 Å². The summed E-state index contributed by atoms with van der Waals surface area (Å²) < 4.78 is 5.04. The molecule has 0 saturated heterocycles. The molecule has 3 rings (SSSR count). The molecule has 0 heterocycles. The zero-order valence-electron chi connectivity index (χ0n) is 18.7. The predicted molar refractivity (Wildman–Crippen MR) is 129 cm³/mol. The van der Waals surface area contributed by atoms with Crippen molar-refractivity contribution in [3.8, 4) is 0 Å². The van der Waals surface area contributed by atoms with Crippen molar-refractivity contribution in [2.24, 2.45) is 0 Å². The fraction of sp³-hybridized carbons (Fsp3) is 0.120. The summed E-state index contributed by atoms with van der Waals surface area (Å²) in [5, 5.41) is 7.95. The van der Waals surface area contributed by atoms with Crippen LogP contribution in [0.25, 0.3) is 0 Å². The highest BCUT2D eigenvalue weighted by molar-refractivity contribution is 6.00. The van der Waals surface area contributed by atoms with Gasteiger partial charge in [-0.2, -0.15) is 0 Å². The number of carbonyl (C=O) groups is 4. The number of nitrogens with zero attached hydrogens (tertiary/aromatic N) is 1. The highest BCUT2D eigenvalue weighted by atomic mass is 16.5. The lowest BCUT2D eigenvalue weighted by Gasteiger charge is -2.11. The number of esters is 1. The molecule has 0 aromatic heterocycles. The highest BCUT2D eigenvalue weighted by Gasteiger charge is 2.12. The highest BCUT2D eigenvalue weighted by Crippen LogP contribution is 2.13. The van der Waals surface area contributed by atoms with Gasteiger partial charge in [-0.3, -0.25) is 9.59 Å². The van der Waals surface area contributed by atoms with Crippen LogP contribution in [0.5, 0.6) is 0 Å². The molecule has 9 nitrogen and oxygen atoms in total. The number of hydrogen-bond acceptors (Lipinski definition) is 5. The van der Waals surface area contributed by atoms with E-state index in [2.05, 4.69) is 16.0 Å². The monoisotopic (exact) mass is 460 g/mol. The minimum absolute atomic E-state index is 0.148. The Morgan fingerprint density at radius 3 is 1.74 bits per heavy atom. The molecule has 0 aliphatic heterocycles. The fourth-order valence-corrected chi connectivity index (χ4v) is 2.87.